The number of fused-ring (bicyclic) bond motifs is 1. The predicted octanol–water partition coefficient (Wildman–Crippen LogP) is 6.21. The maximum absolute atomic E-state index is 13.5. The largest absolute Gasteiger partial charge is 0.494 e. The first-order chi connectivity index (χ1) is 15.7. The minimum atomic E-state index is -0.188. The van der Waals surface area contributed by atoms with Crippen LogP contribution in [0, 0.1) is 0 Å². The van der Waals surface area contributed by atoms with E-state index in [9.17, 15) is 4.79 Å². The van der Waals surface area contributed by atoms with Gasteiger partial charge in [0.1, 0.15) is 23.6 Å². The van der Waals surface area contributed by atoms with Crippen molar-refractivity contribution in [3.63, 3.8) is 0 Å². The van der Waals surface area contributed by atoms with Crippen LogP contribution in [0.25, 0.3) is 22.7 Å². The maximum atomic E-state index is 13.5. The molecule has 0 saturated heterocycles. The summed E-state index contributed by atoms with van der Waals surface area (Å²) in [6, 6.07) is 22.0. The lowest BCUT2D eigenvalue weighted by atomic mass is 10.0. The number of nitrogens with zero attached hydrogens (tertiary/aromatic N) is 1. The Hall–Kier alpha value is -4.12. The normalized spacial score (nSPS) is 11.3. The average molecular weight is 425 g/mol. The minimum Gasteiger partial charge on any atom is -0.494 e. The molecule has 1 heterocycles. The molecule has 5 nitrogen and oxygen atoms in total. The molecule has 0 fully saturated rings. The van der Waals surface area contributed by atoms with Crippen molar-refractivity contribution in [1.82, 2.24) is 4.98 Å². The third-order valence-electron chi connectivity index (χ3n) is 4.76. The molecular weight excluding hydrogens is 402 g/mol. The number of rotatable bonds is 9. The van der Waals surface area contributed by atoms with Gasteiger partial charge in [0.2, 0.25) is 5.89 Å². The first-order valence-corrected chi connectivity index (χ1v) is 10.4. The molecule has 0 aliphatic carbocycles. The van der Waals surface area contributed by atoms with Crippen LogP contribution in [0.1, 0.15) is 28.7 Å². The molecule has 0 amide bonds. The van der Waals surface area contributed by atoms with Gasteiger partial charge in [0.15, 0.2) is 11.4 Å². The van der Waals surface area contributed by atoms with Crippen LogP contribution < -0.4 is 9.47 Å². The molecule has 0 spiro atoms. The van der Waals surface area contributed by atoms with Gasteiger partial charge in [-0.3, -0.25) is 4.79 Å². The summed E-state index contributed by atoms with van der Waals surface area (Å²) >= 11 is 0. The van der Waals surface area contributed by atoms with Gasteiger partial charge in [-0.2, -0.15) is 0 Å². The highest BCUT2D eigenvalue weighted by Crippen LogP contribution is 2.27. The third-order valence-corrected chi connectivity index (χ3v) is 4.76. The minimum absolute atomic E-state index is 0.188. The van der Waals surface area contributed by atoms with E-state index in [1.54, 1.807) is 36.4 Å². The summed E-state index contributed by atoms with van der Waals surface area (Å²) in [5.74, 6) is 1.53. The predicted molar refractivity (Wildman–Crippen MR) is 126 cm³/mol. The van der Waals surface area contributed by atoms with Crippen molar-refractivity contribution in [1.29, 1.82) is 0 Å². The number of aromatic nitrogens is 1. The van der Waals surface area contributed by atoms with Crippen molar-refractivity contribution in [3.8, 4) is 11.5 Å². The SMILES string of the molecule is C=CCOc1ccc(/C=C(/C(=O)c2ccc(OCC)cc2)c2nc3ccccc3o2)cc1. The number of ketones is 1. The molecule has 0 bridgehead atoms. The standard InChI is InChI=1S/C27H23NO4/c1-3-17-31-22-13-9-19(10-14-22)18-23(27-28-24-7-5-6-8-25(24)32-27)26(29)20-11-15-21(16-12-20)30-4-2/h3,5-16,18H,1,4,17H2,2H3/b23-18-. The summed E-state index contributed by atoms with van der Waals surface area (Å²) in [4.78, 5) is 18.0. The summed E-state index contributed by atoms with van der Waals surface area (Å²) in [6.07, 6.45) is 3.47. The number of allylic oxidation sites excluding steroid dienone is 1. The van der Waals surface area contributed by atoms with Gasteiger partial charge in [0, 0.05) is 5.56 Å². The highest BCUT2D eigenvalue weighted by atomic mass is 16.5. The topological polar surface area (TPSA) is 61.6 Å². The molecule has 32 heavy (non-hydrogen) atoms. The lowest BCUT2D eigenvalue weighted by Gasteiger charge is -2.07. The monoisotopic (exact) mass is 425 g/mol. The Labute approximate surface area is 186 Å². The molecule has 160 valence electrons. The van der Waals surface area contributed by atoms with Crippen molar-refractivity contribution >= 4 is 28.5 Å². The molecule has 3 aromatic carbocycles. The zero-order valence-corrected chi connectivity index (χ0v) is 17.8. The fourth-order valence-electron chi connectivity index (χ4n) is 3.22. The Kier molecular flexibility index (Phi) is 6.46. The summed E-state index contributed by atoms with van der Waals surface area (Å²) in [6.45, 7) is 6.56. The Balaban J connectivity index is 1.73. The molecule has 4 rings (SSSR count). The number of carbonyl (C=O) groups excluding carboxylic acids is 1. The van der Waals surface area contributed by atoms with Crippen LogP contribution >= 0.6 is 0 Å². The molecule has 0 atom stereocenters. The molecule has 1 aromatic heterocycles. The highest BCUT2D eigenvalue weighted by Gasteiger charge is 2.20. The highest BCUT2D eigenvalue weighted by molar-refractivity contribution is 6.31. The lowest BCUT2D eigenvalue weighted by molar-refractivity contribution is 0.105. The van der Waals surface area contributed by atoms with Gasteiger partial charge < -0.3 is 13.9 Å². The van der Waals surface area contributed by atoms with Crippen molar-refractivity contribution in [3.05, 3.63) is 102 Å². The van der Waals surface area contributed by atoms with E-state index in [0.29, 0.717) is 41.2 Å². The zero-order valence-electron chi connectivity index (χ0n) is 17.8. The van der Waals surface area contributed by atoms with Gasteiger partial charge in [-0.25, -0.2) is 4.98 Å². The Morgan fingerprint density at radius 1 is 0.969 bits per heavy atom. The Morgan fingerprint density at radius 3 is 2.34 bits per heavy atom. The molecule has 0 aliphatic rings. The van der Waals surface area contributed by atoms with Crippen molar-refractivity contribution in [2.24, 2.45) is 0 Å². The number of ether oxygens (including phenoxy) is 2. The van der Waals surface area contributed by atoms with Gasteiger partial charge in [-0.1, -0.05) is 36.9 Å². The van der Waals surface area contributed by atoms with E-state index < -0.39 is 0 Å². The van der Waals surface area contributed by atoms with Crippen molar-refractivity contribution in [2.45, 2.75) is 6.92 Å². The van der Waals surface area contributed by atoms with E-state index in [-0.39, 0.29) is 11.7 Å². The van der Waals surface area contributed by atoms with E-state index in [0.717, 1.165) is 11.3 Å². The summed E-state index contributed by atoms with van der Waals surface area (Å²) < 4.78 is 16.9. The maximum Gasteiger partial charge on any atom is 0.231 e. The number of para-hydroxylation sites is 2. The summed E-state index contributed by atoms with van der Waals surface area (Å²) in [5.41, 5.74) is 3.03. The molecule has 0 radical (unpaired) electrons. The van der Waals surface area contributed by atoms with E-state index >= 15 is 0 Å². The molecule has 0 N–H and O–H groups in total. The van der Waals surface area contributed by atoms with Crippen molar-refractivity contribution < 1.29 is 18.7 Å². The second-order valence-electron chi connectivity index (χ2n) is 7.00. The quantitative estimate of drug-likeness (QED) is 0.181. The van der Waals surface area contributed by atoms with E-state index in [1.807, 2.05) is 55.5 Å². The van der Waals surface area contributed by atoms with Gasteiger partial charge in [-0.15, -0.1) is 0 Å². The fraction of sp³-hybridized carbons (Fsp3) is 0.111. The van der Waals surface area contributed by atoms with Crippen LogP contribution in [-0.4, -0.2) is 24.0 Å². The van der Waals surface area contributed by atoms with Gasteiger partial charge in [-0.05, 0) is 67.1 Å². The molecule has 0 saturated carbocycles. The molecule has 5 heteroatoms. The average Bonchev–Trinajstić information content (AvgIpc) is 3.26. The first-order valence-electron chi connectivity index (χ1n) is 10.4. The summed E-state index contributed by atoms with van der Waals surface area (Å²) in [7, 11) is 0. The lowest BCUT2D eigenvalue weighted by Crippen LogP contribution is -2.03. The third kappa shape index (κ3) is 4.78. The van der Waals surface area contributed by atoms with E-state index in [2.05, 4.69) is 11.6 Å². The van der Waals surface area contributed by atoms with Crippen LogP contribution in [-0.2, 0) is 0 Å². The van der Waals surface area contributed by atoms with Crippen LogP contribution in [0.2, 0.25) is 0 Å². The second kappa shape index (κ2) is 9.79. The van der Waals surface area contributed by atoms with Gasteiger partial charge in [0.25, 0.3) is 0 Å². The number of Topliss-reactive ketones (excluding diaryl/α,β-unsaturated/α-hetero) is 1. The van der Waals surface area contributed by atoms with Gasteiger partial charge >= 0.3 is 0 Å². The zero-order chi connectivity index (χ0) is 22.3. The van der Waals surface area contributed by atoms with E-state index in [4.69, 9.17) is 13.9 Å². The number of oxazole rings is 1. The first kappa shape index (κ1) is 21.1. The Bertz CT molecular complexity index is 1220. The second-order valence-corrected chi connectivity index (χ2v) is 7.00. The summed E-state index contributed by atoms with van der Waals surface area (Å²) in [5, 5.41) is 0. The van der Waals surface area contributed by atoms with Crippen LogP contribution in [0.4, 0.5) is 0 Å². The van der Waals surface area contributed by atoms with Crippen molar-refractivity contribution in [2.75, 3.05) is 13.2 Å². The van der Waals surface area contributed by atoms with E-state index in [1.165, 1.54) is 0 Å². The number of hydrogen-bond donors (Lipinski definition) is 0. The van der Waals surface area contributed by atoms with Crippen LogP contribution in [0.3, 0.4) is 0 Å². The van der Waals surface area contributed by atoms with Crippen LogP contribution in [0.5, 0.6) is 11.5 Å². The smallest absolute Gasteiger partial charge is 0.231 e. The molecule has 0 aliphatic heterocycles. The number of hydrogen-bond acceptors (Lipinski definition) is 5. The van der Waals surface area contributed by atoms with Gasteiger partial charge in [0.05, 0.1) is 12.2 Å². The number of carbonyl (C=O) groups is 1. The molecule has 4 aromatic rings. The number of benzene rings is 3. The molecule has 0 unspecified atom stereocenters. The Morgan fingerprint density at radius 2 is 1.66 bits per heavy atom. The van der Waals surface area contributed by atoms with Crippen LogP contribution in [0.15, 0.2) is 89.9 Å². The molecular formula is C27H23NO4. The fourth-order valence-corrected chi connectivity index (χ4v) is 3.22.